The molecule has 1 aliphatic carbocycles. The average molecular weight is 335 g/mol. The molecule has 2 atom stereocenters. The number of carbonyl (C=O) groups is 1. The van der Waals surface area contributed by atoms with Crippen LogP contribution in [0.25, 0.3) is 0 Å². The molecule has 1 aromatic rings. The Morgan fingerprint density at radius 3 is 2.70 bits per heavy atom. The van der Waals surface area contributed by atoms with Gasteiger partial charge in [-0.05, 0) is 23.5 Å². The van der Waals surface area contributed by atoms with Gasteiger partial charge >= 0.3 is 5.97 Å². The van der Waals surface area contributed by atoms with E-state index in [1.807, 2.05) is 12.4 Å². The third kappa shape index (κ3) is 2.87. The van der Waals surface area contributed by atoms with Crippen LogP contribution in [0.15, 0.2) is 17.6 Å². The van der Waals surface area contributed by atoms with Crippen molar-refractivity contribution in [2.45, 2.75) is 38.9 Å². The highest BCUT2D eigenvalue weighted by atomic mass is 32.2. The molecule has 0 radical (unpaired) electrons. The van der Waals surface area contributed by atoms with Crippen LogP contribution < -0.4 is 0 Å². The van der Waals surface area contributed by atoms with E-state index in [4.69, 9.17) is 4.74 Å². The summed E-state index contributed by atoms with van der Waals surface area (Å²) in [5, 5.41) is 0.824. The fraction of sp³-hybridized carbons (Fsp3) is 0.706. The van der Waals surface area contributed by atoms with Crippen molar-refractivity contribution in [3.05, 3.63) is 18.0 Å². The summed E-state index contributed by atoms with van der Waals surface area (Å²) in [7, 11) is 1.50. The minimum absolute atomic E-state index is 0.0460. The van der Waals surface area contributed by atoms with Gasteiger partial charge in [0.1, 0.15) is 0 Å². The average Bonchev–Trinajstić information content (AvgIpc) is 2.84. The molecular weight excluding hydrogens is 310 g/mol. The van der Waals surface area contributed by atoms with Gasteiger partial charge in [-0.25, -0.2) is 9.97 Å². The summed E-state index contributed by atoms with van der Waals surface area (Å²) in [5.41, 5.74) is 1.00. The van der Waals surface area contributed by atoms with Gasteiger partial charge in [0.25, 0.3) is 0 Å². The number of hydrogen-bond acceptors (Lipinski definition) is 6. The van der Waals surface area contributed by atoms with E-state index in [2.05, 4.69) is 35.6 Å². The SMILES string of the molecule is CCSc1ncc(CN2C[C@@H]3C(C)(C)C[C@]3(C(=O)OC)C2)cn1. The quantitative estimate of drug-likeness (QED) is 0.468. The molecule has 1 aliphatic heterocycles. The summed E-state index contributed by atoms with van der Waals surface area (Å²) < 4.78 is 5.10. The molecule has 2 heterocycles. The van der Waals surface area contributed by atoms with E-state index in [1.165, 1.54) is 7.11 Å². The minimum Gasteiger partial charge on any atom is -0.469 e. The molecule has 2 aliphatic rings. The first kappa shape index (κ1) is 16.7. The molecule has 1 saturated heterocycles. The Bertz CT molecular complexity index is 590. The van der Waals surface area contributed by atoms with E-state index >= 15 is 0 Å². The fourth-order valence-electron chi connectivity index (χ4n) is 4.48. The van der Waals surface area contributed by atoms with Crippen molar-refractivity contribution in [1.82, 2.24) is 14.9 Å². The maximum absolute atomic E-state index is 12.3. The zero-order valence-electron chi connectivity index (χ0n) is 14.3. The molecule has 1 aromatic heterocycles. The minimum atomic E-state index is -0.308. The summed E-state index contributed by atoms with van der Waals surface area (Å²) in [5.74, 6) is 1.30. The van der Waals surface area contributed by atoms with Crippen molar-refractivity contribution >= 4 is 17.7 Å². The molecule has 0 spiro atoms. The van der Waals surface area contributed by atoms with Gasteiger partial charge in [0.2, 0.25) is 0 Å². The van der Waals surface area contributed by atoms with Crippen LogP contribution in [0.4, 0.5) is 0 Å². The van der Waals surface area contributed by atoms with Crippen LogP contribution in [-0.4, -0.2) is 46.8 Å². The number of carbonyl (C=O) groups excluding carboxylic acids is 1. The highest BCUT2D eigenvalue weighted by Gasteiger charge is 2.67. The van der Waals surface area contributed by atoms with Gasteiger partial charge < -0.3 is 4.74 Å². The number of methoxy groups -OCH3 is 1. The van der Waals surface area contributed by atoms with E-state index < -0.39 is 0 Å². The topological polar surface area (TPSA) is 55.3 Å². The van der Waals surface area contributed by atoms with Crippen molar-refractivity contribution in [2.24, 2.45) is 16.7 Å². The molecule has 0 unspecified atom stereocenters. The lowest BCUT2D eigenvalue weighted by Gasteiger charge is -2.54. The van der Waals surface area contributed by atoms with Crippen molar-refractivity contribution in [1.29, 1.82) is 0 Å². The van der Waals surface area contributed by atoms with Gasteiger partial charge in [-0.2, -0.15) is 0 Å². The van der Waals surface area contributed by atoms with Crippen LogP contribution in [0.5, 0.6) is 0 Å². The second kappa shape index (κ2) is 6.06. The number of fused-ring (bicyclic) bond motifs is 1. The van der Waals surface area contributed by atoms with Crippen LogP contribution in [0, 0.1) is 16.7 Å². The van der Waals surface area contributed by atoms with Crippen molar-refractivity contribution < 1.29 is 9.53 Å². The van der Waals surface area contributed by atoms with Crippen LogP contribution in [0.1, 0.15) is 32.8 Å². The van der Waals surface area contributed by atoms with E-state index in [-0.39, 0.29) is 16.8 Å². The van der Waals surface area contributed by atoms with Gasteiger partial charge in [-0.1, -0.05) is 32.5 Å². The first-order valence-electron chi connectivity index (χ1n) is 8.16. The van der Waals surface area contributed by atoms with E-state index in [0.717, 1.165) is 42.5 Å². The largest absolute Gasteiger partial charge is 0.469 e. The molecule has 126 valence electrons. The predicted molar refractivity (Wildman–Crippen MR) is 90.0 cm³/mol. The van der Waals surface area contributed by atoms with Gasteiger partial charge in [-0.3, -0.25) is 9.69 Å². The highest BCUT2D eigenvalue weighted by Crippen LogP contribution is 2.63. The lowest BCUT2D eigenvalue weighted by atomic mass is 9.48. The number of nitrogens with zero attached hydrogens (tertiary/aromatic N) is 3. The fourth-order valence-corrected chi connectivity index (χ4v) is 4.99. The second-order valence-electron chi connectivity index (χ2n) is 7.34. The first-order valence-corrected chi connectivity index (χ1v) is 9.14. The first-order chi connectivity index (χ1) is 10.9. The summed E-state index contributed by atoms with van der Waals surface area (Å²) in [6.07, 6.45) is 4.72. The normalized spacial score (nSPS) is 29.0. The molecule has 0 amide bonds. The number of esters is 1. The molecule has 3 rings (SSSR count). The van der Waals surface area contributed by atoms with Crippen molar-refractivity contribution in [3.8, 4) is 0 Å². The zero-order valence-corrected chi connectivity index (χ0v) is 15.2. The number of likely N-dealkylation sites (tertiary alicyclic amines) is 1. The molecular formula is C17H25N3O2S. The monoisotopic (exact) mass is 335 g/mol. The van der Waals surface area contributed by atoms with Gasteiger partial charge in [0, 0.05) is 37.6 Å². The van der Waals surface area contributed by atoms with Gasteiger partial charge in [0.15, 0.2) is 5.16 Å². The summed E-state index contributed by atoms with van der Waals surface area (Å²) in [6.45, 7) is 9.11. The third-order valence-electron chi connectivity index (χ3n) is 5.28. The summed E-state index contributed by atoms with van der Waals surface area (Å²) in [6, 6.07) is 0. The molecule has 1 saturated carbocycles. The van der Waals surface area contributed by atoms with Crippen molar-refractivity contribution in [3.63, 3.8) is 0 Å². The van der Waals surface area contributed by atoms with Crippen molar-refractivity contribution in [2.75, 3.05) is 26.0 Å². The lowest BCUT2D eigenvalue weighted by molar-refractivity contribution is -0.174. The Hall–Kier alpha value is -1.14. The van der Waals surface area contributed by atoms with E-state index in [9.17, 15) is 4.79 Å². The Balaban J connectivity index is 1.70. The summed E-state index contributed by atoms with van der Waals surface area (Å²) in [4.78, 5) is 23.5. The highest BCUT2D eigenvalue weighted by molar-refractivity contribution is 7.99. The zero-order chi connectivity index (χ0) is 16.7. The van der Waals surface area contributed by atoms with E-state index in [0.29, 0.717) is 5.92 Å². The lowest BCUT2D eigenvalue weighted by Crippen LogP contribution is -2.57. The molecule has 6 heteroatoms. The predicted octanol–water partition coefficient (Wildman–Crippen LogP) is 2.61. The molecule has 0 bridgehead atoms. The van der Waals surface area contributed by atoms with Crippen LogP contribution in [-0.2, 0) is 16.1 Å². The van der Waals surface area contributed by atoms with E-state index in [1.54, 1.807) is 11.8 Å². The molecule has 0 N–H and O–H groups in total. The summed E-state index contributed by atoms with van der Waals surface area (Å²) >= 11 is 1.65. The number of aromatic nitrogens is 2. The molecule has 0 aromatic carbocycles. The number of rotatable bonds is 5. The Kier molecular flexibility index (Phi) is 4.40. The number of hydrogen-bond donors (Lipinski definition) is 0. The molecule has 23 heavy (non-hydrogen) atoms. The standard InChI is InChI=1S/C17H25N3O2S/c1-5-23-15-18-6-12(7-19-15)8-20-9-13-16(2,3)10-17(13,11-20)14(21)22-4/h6-7,13H,5,8-11H2,1-4H3/t13-,17+/m1/s1. The van der Waals surface area contributed by atoms with Crippen LogP contribution in [0.3, 0.4) is 0 Å². The number of thioether (sulfide) groups is 1. The smallest absolute Gasteiger partial charge is 0.313 e. The maximum Gasteiger partial charge on any atom is 0.313 e. The Morgan fingerprint density at radius 1 is 1.43 bits per heavy atom. The number of ether oxygens (including phenoxy) is 1. The second-order valence-corrected chi connectivity index (χ2v) is 8.57. The Labute approximate surface area is 142 Å². The van der Waals surface area contributed by atoms with Gasteiger partial charge in [0.05, 0.1) is 12.5 Å². The Morgan fingerprint density at radius 2 is 2.13 bits per heavy atom. The molecule has 2 fully saturated rings. The van der Waals surface area contributed by atoms with Crippen LogP contribution >= 0.6 is 11.8 Å². The van der Waals surface area contributed by atoms with Crippen LogP contribution in [0.2, 0.25) is 0 Å². The molecule has 5 nitrogen and oxygen atoms in total. The maximum atomic E-state index is 12.3. The van der Waals surface area contributed by atoms with Gasteiger partial charge in [-0.15, -0.1) is 0 Å². The third-order valence-corrected chi connectivity index (χ3v) is 6.04.